The lowest BCUT2D eigenvalue weighted by atomic mass is 10.2. The third-order valence-corrected chi connectivity index (χ3v) is 3.47. The van der Waals surface area contributed by atoms with Crippen LogP contribution in [0.3, 0.4) is 0 Å². The van der Waals surface area contributed by atoms with Crippen molar-refractivity contribution in [1.82, 2.24) is 10.2 Å². The maximum Gasteiger partial charge on any atom is 0.0593 e. The van der Waals surface area contributed by atoms with Crippen molar-refractivity contribution in [3.63, 3.8) is 0 Å². The molecule has 1 saturated heterocycles. The maximum absolute atomic E-state index is 5.65. The van der Waals surface area contributed by atoms with Crippen LogP contribution >= 0.6 is 0 Å². The highest BCUT2D eigenvalue weighted by molar-refractivity contribution is 4.80. The zero-order chi connectivity index (χ0) is 12.3. The van der Waals surface area contributed by atoms with E-state index in [1.54, 1.807) is 0 Å². The van der Waals surface area contributed by atoms with Crippen molar-refractivity contribution < 1.29 is 4.74 Å². The molecule has 102 valence electrons. The van der Waals surface area contributed by atoms with Gasteiger partial charge in [0.25, 0.3) is 0 Å². The van der Waals surface area contributed by atoms with E-state index in [1.165, 1.54) is 38.6 Å². The van der Waals surface area contributed by atoms with Crippen LogP contribution in [0.5, 0.6) is 0 Å². The van der Waals surface area contributed by atoms with E-state index in [0.29, 0.717) is 0 Å². The molecule has 0 aromatic rings. The Balaban J connectivity index is 2.05. The van der Waals surface area contributed by atoms with Crippen molar-refractivity contribution in [3.05, 3.63) is 0 Å². The van der Waals surface area contributed by atoms with Gasteiger partial charge in [0.2, 0.25) is 0 Å². The van der Waals surface area contributed by atoms with Gasteiger partial charge in [-0.2, -0.15) is 0 Å². The van der Waals surface area contributed by atoms with Crippen LogP contribution in [0, 0.1) is 0 Å². The monoisotopic (exact) mass is 242 g/mol. The van der Waals surface area contributed by atoms with Gasteiger partial charge in [-0.25, -0.2) is 0 Å². The van der Waals surface area contributed by atoms with Crippen molar-refractivity contribution in [3.8, 4) is 0 Å². The molecule has 0 aromatic carbocycles. The highest BCUT2D eigenvalue weighted by atomic mass is 16.5. The highest BCUT2D eigenvalue weighted by Gasteiger charge is 2.23. The molecule has 3 nitrogen and oxygen atoms in total. The summed E-state index contributed by atoms with van der Waals surface area (Å²) < 4.78 is 5.65. The SMILES string of the molecule is CCCCOCCN1CCCC1CNCCC. The fraction of sp³-hybridized carbons (Fsp3) is 1.00. The topological polar surface area (TPSA) is 24.5 Å². The van der Waals surface area contributed by atoms with Crippen molar-refractivity contribution >= 4 is 0 Å². The molecule has 1 N–H and O–H groups in total. The summed E-state index contributed by atoms with van der Waals surface area (Å²) in [6.07, 6.45) is 6.36. The first kappa shape index (κ1) is 14.9. The molecule has 0 radical (unpaired) electrons. The third kappa shape index (κ3) is 6.39. The second kappa shape index (κ2) is 9.86. The first-order chi connectivity index (χ1) is 8.38. The van der Waals surface area contributed by atoms with Gasteiger partial charge in [-0.05, 0) is 38.8 Å². The Morgan fingerprint density at radius 2 is 2.12 bits per heavy atom. The summed E-state index contributed by atoms with van der Waals surface area (Å²) in [5, 5.41) is 3.54. The van der Waals surface area contributed by atoms with Crippen LogP contribution in [-0.4, -0.2) is 50.3 Å². The zero-order valence-corrected chi connectivity index (χ0v) is 11.7. The van der Waals surface area contributed by atoms with Crippen LogP contribution in [0.4, 0.5) is 0 Å². The molecule has 0 aliphatic carbocycles. The van der Waals surface area contributed by atoms with E-state index in [-0.39, 0.29) is 0 Å². The molecule has 1 rings (SSSR count). The number of rotatable bonds is 10. The summed E-state index contributed by atoms with van der Waals surface area (Å²) in [5.41, 5.74) is 0. The molecule has 0 aromatic heterocycles. The predicted octanol–water partition coefficient (Wildman–Crippen LogP) is 2.27. The Morgan fingerprint density at radius 1 is 1.24 bits per heavy atom. The average Bonchev–Trinajstić information content (AvgIpc) is 2.77. The highest BCUT2D eigenvalue weighted by Crippen LogP contribution is 2.15. The number of hydrogen-bond donors (Lipinski definition) is 1. The molecular formula is C14H30N2O. The molecule has 0 bridgehead atoms. The van der Waals surface area contributed by atoms with Crippen LogP contribution in [0.25, 0.3) is 0 Å². The van der Waals surface area contributed by atoms with Gasteiger partial charge >= 0.3 is 0 Å². The zero-order valence-electron chi connectivity index (χ0n) is 11.7. The molecular weight excluding hydrogens is 212 g/mol. The van der Waals surface area contributed by atoms with E-state index in [1.807, 2.05) is 0 Å². The fourth-order valence-corrected chi connectivity index (χ4v) is 2.40. The van der Waals surface area contributed by atoms with Crippen LogP contribution < -0.4 is 5.32 Å². The molecule has 1 heterocycles. The molecule has 17 heavy (non-hydrogen) atoms. The minimum atomic E-state index is 0.747. The summed E-state index contributed by atoms with van der Waals surface area (Å²) in [4.78, 5) is 2.59. The van der Waals surface area contributed by atoms with Crippen LogP contribution in [-0.2, 0) is 4.74 Å². The Kier molecular flexibility index (Phi) is 8.67. The number of nitrogens with zero attached hydrogens (tertiary/aromatic N) is 1. The fourth-order valence-electron chi connectivity index (χ4n) is 2.40. The molecule has 0 saturated carbocycles. The average molecular weight is 242 g/mol. The number of nitrogens with one attached hydrogen (secondary N) is 1. The van der Waals surface area contributed by atoms with Crippen LogP contribution in [0.1, 0.15) is 46.0 Å². The molecule has 3 heteroatoms. The van der Waals surface area contributed by atoms with E-state index in [9.17, 15) is 0 Å². The molecule has 0 spiro atoms. The smallest absolute Gasteiger partial charge is 0.0593 e. The normalized spacial score (nSPS) is 21.2. The second-order valence-corrected chi connectivity index (χ2v) is 5.00. The van der Waals surface area contributed by atoms with Gasteiger partial charge in [-0.1, -0.05) is 20.3 Å². The van der Waals surface area contributed by atoms with Gasteiger partial charge in [0, 0.05) is 25.7 Å². The minimum Gasteiger partial charge on any atom is -0.380 e. The number of ether oxygens (including phenoxy) is 1. The number of unbranched alkanes of at least 4 members (excludes halogenated alkanes) is 1. The molecule has 1 atom stereocenters. The van der Waals surface area contributed by atoms with Crippen LogP contribution in [0.15, 0.2) is 0 Å². The molecule has 1 unspecified atom stereocenters. The van der Waals surface area contributed by atoms with E-state index < -0.39 is 0 Å². The summed E-state index contributed by atoms with van der Waals surface area (Å²) in [6.45, 7) is 10.9. The van der Waals surface area contributed by atoms with Gasteiger partial charge in [-0.15, -0.1) is 0 Å². The van der Waals surface area contributed by atoms with E-state index >= 15 is 0 Å². The Bertz CT molecular complexity index is 176. The minimum absolute atomic E-state index is 0.747. The van der Waals surface area contributed by atoms with Gasteiger partial charge in [-0.3, -0.25) is 4.90 Å². The first-order valence-corrected chi connectivity index (χ1v) is 7.41. The van der Waals surface area contributed by atoms with E-state index in [0.717, 1.165) is 38.9 Å². The summed E-state index contributed by atoms with van der Waals surface area (Å²) in [7, 11) is 0. The summed E-state index contributed by atoms with van der Waals surface area (Å²) >= 11 is 0. The second-order valence-electron chi connectivity index (χ2n) is 5.00. The lowest BCUT2D eigenvalue weighted by Gasteiger charge is -2.24. The molecule has 0 amide bonds. The number of hydrogen-bond acceptors (Lipinski definition) is 3. The lowest BCUT2D eigenvalue weighted by molar-refractivity contribution is 0.0972. The standard InChI is InChI=1S/C14H30N2O/c1-3-5-11-17-12-10-16-9-6-7-14(16)13-15-8-4-2/h14-15H,3-13H2,1-2H3. The third-order valence-electron chi connectivity index (χ3n) is 3.47. The van der Waals surface area contributed by atoms with Gasteiger partial charge < -0.3 is 10.1 Å². The van der Waals surface area contributed by atoms with Gasteiger partial charge in [0.05, 0.1) is 6.61 Å². The summed E-state index contributed by atoms with van der Waals surface area (Å²) in [5.74, 6) is 0. The van der Waals surface area contributed by atoms with Crippen LogP contribution in [0.2, 0.25) is 0 Å². The number of likely N-dealkylation sites (tertiary alicyclic amines) is 1. The van der Waals surface area contributed by atoms with E-state index in [2.05, 4.69) is 24.1 Å². The van der Waals surface area contributed by atoms with Crippen molar-refractivity contribution in [1.29, 1.82) is 0 Å². The first-order valence-electron chi connectivity index (χ1n) is 7.41. The van der Waals surface area contributed by atoms with E-state index in [4.69, 9.17) is 4.74 Å². The van der Waals surface area contributed by atoms with Crippen molar-refractivity contribution in [2.45, 2.75) is 52.0 Å². The molecule has 1 fully saturated rings. The Hall–Kier alpha value is -0.120. The Morgan fingerprint density at radius 3 is 2.88 bits per heavy atom. The van der Waals surface area contributed by atoms with Crippen molar-refractivity contribution in [2.24, 2.45) is 0 Å². The lowest BCUT2D eigenvalue weighted by Crippen LogP contribution is -2.39. The largest absolute Gasteiger partial charge is 0.380 e. The maximum atomic E-state index is 5.65. The van der Waals surface area contributed by atoms with Gasteiger partial charge in [0.1, 0.15) is 0 Å². The molecule has 1 aliphatic heterocycles. The Labute approximate surface area is 107 Å². The summed E-state index contributed by atoms with van der Waals surface area (Å²) in [6, 6.07) is 0.747. The predicted molar refractivity (Wildman–Crippen MR) is 73.5 cm³/mol. The van der Waals surface area contributed by atoms with Crippen molar-refractivity contribution in [2.75, 3.05) is 39.4 Å². The quantitative estimate of drug-likeness (QED) is 0.595. The van der Waals surface area contributed by atoms with Gasteiger partial charge in [0.15, 0.2) is 0 Å². The molecule has 1 aliphatic rings.